The van der Waals surface area contributed by atoms with Crippen LogP contribution in [-0.2, 0) is 6.54 Å². The van der Waals surface area contributed by atoms with Crippen molar-refractivity contribution in [3.05, 3.63) is 42.1 Å². The van der Waals surface area contributed by atoms with E-state index in [2.05, 4.69) is 20.6 Å². The standard InChI is InChI=1S/C18H24N4O3/c1-5-25-15-10-9-13(11-16(15)23-3)22-18(19-2)20-12-14-7-6-8-17(21-14)24-4/h6-11H,5,12H2,1-4H3,(H2,19,20,22). The van der Waals surface area contributed by atoms with Crippen molar-refractivity contribution in [3.63, 3.8) is 0 Å². The van der Waals surface area contributed by atoms with Crippen LogP contribution in [0, 0.1) is 0 Å². The average molecular weight is 344 g/mol. The molecule has 2 N–H and O–H groups in total. The third-order valence-corrected chi connectivity index (χ3v) is 3.38. The van der Waals surface area contributed by atoms with Gasteiger partial charge in [0, 0.05) is 24.9 Å². The van der Waals surface area contributed by atoms with E-state index >= 15 is 0 Å². The third kappa shape index (κ3) is 5.27. The topological polar surface area (TPSA) is 77.0 Å². The molecule has 1 aromatic heterocycles. The molecule has 1 aromatic carbocycles. The molecular weight excluding hydrogens is 320 g/mol. The zero-order valence-electron chi connectivity index (χ0n) is 15.0. The van der Waals surface area contributed by atoms with E-state index in [0.29, 0.717) is 36.5 Å². The molecule has 0 unspecified atom stereocenters. The number of ether oxygens (including phenoxy) is 3. The number of anilines is 1. The molecule has 2 aromatic rings. The molecule has 0 saturated carbocycles. The van der Waals surface area contributed by atoms with Crippen molar-refractivity contribution in [1.82, 2.24) is 10.3 Å². The number of hydrogen-bond donors (Lipinski definition) is 2. The summed E-state index contributed by atoms with van der Waals surface area (Å²) >= 11 is 0. The predicted molar refractivity (Wildman–Crippen MR) is 98.8 cm³/mol. The molecule has 0 radical (unpaired) electrons. The summed E-state index contributed by atoms with van der Waals surface area (Å²) in [6.07, 6.45) is 0. The second-order valence-corrected chi connectivity index (χ2v) is 5.02. The van der Waals surface area contributed by atoms with Crippen LogP contribution in [0.15, 0.2) is 41.4 Å². The zero-order chi connectivity index (χ0) is 18.1. The van der Waals surface area contributed by atoms with Crippen molar-refractivity contribution < 1.29 is 14.2 Å². The van der Waals surface area contributed by atoms with E-state index < -0.39 is 0 Å². The van der Waals surface area contributed by atoms with E-state index in [1.165, 1.54) is 0 Å². The molecule has 0 spiro atoms. The molecule has 2 rings (SSSR count). The Labute approximate surface area is 148 Å². The molecular formula is C18H24N4O3. The fourth-order valence-electron chi connectivity index (χ4n) is 2.18. The Morgan fingerprint density at radius 1 is 1.12 bits per heavy atom. The van der Waals surface area contributed by atoms with Crippen LogP contribution in [0.5, 0.6) is 17.4 Å². The number of methoxy groups -OCH3 is 2. The molecule has 0 amide bonds. The van der Waals surface area contributed by atoms with Crippen molar-refractivity contribution in [2.75, 3.05) is 33.2 Å². The monoisotopic (exact) mass is 344 g/mol. The number of benzene rings is 1. The molecule has 7 nitrogen and oxygen atoms in total. The minimum Gasteiger partial charge on any atom is -0.493 e. The van der Waals surface area contributed by atoms with Gasteiger partial charge in [0.05, 0.1) is 33.1 Å². The second kappa shape index (κ2) is 9.36. The van der Waals surface area contributed by atoms with E-state index in [4.69, 9.17) is 14.2 Å². The first-order valence-corrected chi connectivity index (χ1v) is 7.98. The lowest BCUT2D eigenvalue weighted by Crippen LogP contribution is -2.30. The number of aliphatic imine (C=N–C) groups is 1. The largest absolute Gasteiger partial charge is 0.493 e. The Balaban J connectivity index is 2.02. The molecule has 7 heteroatoms. The quantitative estimate of drug-likeness (QED) is 0.594. The summed E-state index contributed by atoms with van der Waals surface area (Å²) in [7, 11) is 4.92. The van der Waals surface area contributed by atoms with Crippen LogP contribution < -0.4 is 24.8 Å². The summed E-state index contributed by atoms with van der Waals surface area (Å²) in [5, 5.41) is 6.43. The average Bonchev–Trinajstić information content (AvgIpc) is 2.66. The summed E-state index contributed by atoms with van der Waals surface area (Å²) in [6, 6.07) is 11.3. The van der Waals surface area contributed by atoms with Gasteiger partial charge in [-0.1, -0.05) is 6.07 Å². The number of pyridine rings is 1. The molecule has 0 saturated heterocycles. The lowest BCUT2D eigenvalue weighted by Gasteiger charge is -2.14. The van der Waals surface area contributed by atoms with Gasteiger partial charge in [-0.2, -0.15) is 0 Å². The van der Waals surface area contributed by atoms with E-state index in [1.807, 2.05) is 43.3 Å². The maximum Gasteiger partial charge on any atom is 0.213 e. The fourth-order valence-corrected chi connectivity index (χ4v) is 2.18. The van der Waals surface area contributed by atoms with Gasteiger partial charge in [0.15, 0.2) is 17.5 Å². The number of aromatic nitrogens is 1. The van der Waals surface area contributed by atoms with Gasteiger partial charge in [0.1, 0.15) is 0 Å². The molecule has 0 fully saturated rings. The molecule has 25 heavy (non-hydrogen) atoms. The summed E-state index contributed by atoms with van der Waals surface area (Å²) in [4.78, 5) is 8.58. The summed E-state index contributed by atoms with van der Waals surface area (Å²) in [6.45, 7) is 3.04. The lowest BCUT2D eigenvalue weighted by molar-refractivity contribution is 0.311. The van der Waals surface area contributed by atoms with Crippen LogP contribution in [0.1, 0.15) is 12.6 Å². The van der Waals surface area contributed by atoms with Crippen molar-refractivity contribution in [1.29, 1.82) is 0 Å². The lowest BCUT2D eigenvalue weighted by atomic mass is 10.2. The van der Waals surface area contributed by atoms with Gasteiger partial charge < -0.3 is 24.8 Å². The smallest absolute Gasteiger partial charge is 0.213 e. The second-order valence-electron chi connectivity index (χ2n) is 5.02. The maximum absolute atomic E-state index is 5.52. The van der Waals surface area contributed by atoms with Crippen molar-refractivity contribution in [2.45, 2.75) is 13.5 Å². The van der Waals surface area contributed by atoms with E-state index in [1.54, 1.807) is 21.3 Å². The fraction of sp³-hybridized carbons (Fsp3) is 0.333. The van der Waals surface area contributed by atoms with Crippen LogP contribution >= 0.6 is 0 Å². The van der Waals surface area contributed by atoms with E-state index in [0.717, 1.165) is 11.4 Å². The highest BCUT2D eigenvalue weighted by molar-refractivity contribution is 5.93. The highest BCUT2D eigenvalue weighted by atomic mass is 16.5. The first-order valence-electron chi connectivity index (χ1n) is 7.98. The van der Waals surface area contributed by atoms with Gasteiger partial charge in [0.2, 0.25) is 5.88 Å². The first kappa shape index (κ1) is 18.4. The molecule has 0 aliphatic carbocycles. The molecule has 0 atom stereocenters. The van der Waals surface area contributed by atoms with Crippen LogP contribution in [0.3, 0.4) is 0 Å². The number of nitrogens with zero attached hydrogens (tertiary/aromatic N) is 2. The Morgan fingerprint density at radius 2 is 1.96 bits per heavy atom. The van der Waals surface area contributed by atoms with Gasteiger partial charge in [-0.15, -0.1) is 0 Å². The van der Waals surface area contributed by atoms with Crippen LogP contribution in [0.2, 0.25) is 0 Å². The predicted octanol–water partition coefficient (Wildman–Crippen LogP) is 2.69. The SMILES string of the molecule is CCOc1ccc(NC(=NC)NCc2cccc(OC)n2)cc1OC. The van der Waals surface area contributed by atoms with E-state index in [-0.39, 0.29) is 0 Å². The van der Waals surface area contributed by atoms with Crippen LogP contribution in [-0.4, -0.2) is 38.8 Å². The summed E-state index contributed by atoms with van der Waals surface area (Å²) in [5.41, 5.74) is 1.69. The Kier molecular flexibility index (Phi) is 6.88. The molecule has 0 bridgehead atoms. The van der Waals surface area contributed by atoms with Gasteiger partial charge in [-0.3, -0.25) is 4.99 Å². The number of rotatable bonds is 7. The maximum atomic E-state index is 5.52. The zero-order valence-corrected chi connectivity index (χ0v) is 15.0. The normalized spacial score (nSPS) is 11.0. The highest BCUT2D eigenvalue weighted by Gasteiger charge is 2.07. The summed E-state index contributed by atoms with van der Waals surface area (Å²) < 4.78 is 16.0. The molecule has 0 aliphatic rings. The minimum atomic E-state index is 0.519. The Bertz CT molecular complexity index is 719. The van der Waals surface area contributed by atoms with E-state index in [9.17, 15) is 0 Å². The van der Waals surface area contributed by atoms with Crippen molar-refractivity contribution >= 4 is 11.6 Å². The molecule has 1 heterocycles. The Morgan fingerprint density at radius 3 is 2.64 bits per heavy atom. The van der Waals surface area contributed by atoms with Crippen molar-refractivity contribution in [3.8, 4) is 17.4 Å². The van der Waals surface area contributed by atoms with Crippen LogP contribution in [0.25, 0.3) is 0 Å². The third-order valence-electron chi connectivity index (χ3n) is 3.38. The molecule has 0 aliphatic heterocycles. The molecule has 134 valence electrons. The van der Waals surface area contributed by atoms with Crippen LogP contribution in [0.4, 0.5) is 5.69 Å². The van der Waals surface area contributed by atoms with Gasteiger partial charge in [-0.05, 0) is 25.1 Å². The summed E-state index contributed by atoms with van der Waals surface area (Å²) in [5.74, 6) is 2.57. The van der Waals surface area contributed by atoms with Gasteiger partial charge in [-0.25, -0.2) is 4.98 Å². The first-order chi connectivity index (χ1) is 12.2. The van der Waals surface area contributed by atoms with Gasteiger partial charge in [0.25, 0.3) is 0 Å². The van der Waals surface area contributed by atoms with Crippen molar-refractivity contribution in [2.24, 2.45) is 4.99 Å². The van der Waals surface area contributed by atoms with Gasteiger partial charge >= 0.3 is 0 Å². The minimum absolute atomic E-state index is 0.519. The highest BCUT2D eigenvalue weighted by Crippen LogP contribution is 2.30. The number of guanidine groups is 1. The number of nitrogens with one attached hydrogen (secondary N) is 2. The Hall–Kier alpha value is -2.96. The number of hydrogen-bond acceptors (Lipinski definition) is 5.